The maximum absolute atomic E-state index is 13.9. The summed E-state index contributed by atoms with van der Waals surface area (Å²) in [7, 11) is 0. The molecule has 19 heavy (non-hydrogen) atoms. The zero-order valence-electron chi connectivity index (χ0n) is 10.4. The monoisotopic (exact) mass is 296 g/mol. The van der Waals surface area contributed by atoms with Crippen LogP contribution in [0.3, 0.4) is 0 Å². The average Bonchev–Trinajstić information content (AvgIpc) is 2.36. The molecule has 0 radical (unpaired) electrons. The normalized spacial score (nSPS) is 12.4. The van der Waals surface area contributed by atoms with Gasteiger partial charge in [0.1, 0.15) is 10.8 Å². The number of halogens is 2. The summed E-state index contributed by atoms with van der Waals surface area (Å²) in [6.07, 6.45) is 2.15. The molecule has 2 nitrogen and oxygen atoms in total. The largest absolute Gasteiger partial charge is 0.328 e. The van der Waals surface area contributed by atoms with Crippen molar-refractivity contribution in [1.82, 2.24) is 4.98 Å². The number of pyridine rings is 1. The van der Waals surface area contributed by atoms with E-state index in [1.807, 2.05) is 13.0 Å². The Balaban J connectivity index is 2.35. The fraction of sp³-hybridized carbons (Fsp3) is 0.214. The molecule has 1 unspecified atom stereocenters. The van der Waals surface area contributed by atoms with Crippen LogP contribution in [0.1, 0.15) is 12.5 Å². The standard InChI is InChI=1S/C14H14ClFN2S/c1-9(17)8-10-12(16)5-2-6-13(10)19-14-11(15)4-3-7-18-14/h2-7,9H,8,17H2,1H3. The molecule has 2 aromatic rings. The second kappa shape index (κ2) is 6.37. The van der Waals surface area contributed by atoms with Gasteiger partial charge in [-0.05, 0) is 37.6 Å². The minimum Gasteiger partial charge on any atom is -0.328 e. The fourth-order valence-corrected chi connectivity index (χ4v) is 2.88. The lowest BCUT2D eigenvalue weighted by atomic mass is 10.1. The SMILES string of the molecule is CC(N)Cc1c(F)cccc1Sc1ncccc1Cl. The van der Waals surface area contributed by atoms with Crippen LogP contribution in [-0.2, 0) is 6.42 Å². The first-order valence-electron chi connectivity index (χ1n) is 5.89. The number of hydrogen-bond donors (Lipinski definition) is 1. The molecule has 0 amide bonds. The van der Waals surface area contributed by atoms with Crippen LogP contribution < -0.4 is 5.73 Å². The first-order chi connectivity index (χ1) is 9.08. The molecule has 2 N–H and O–H groups in total. The maximum atomic E-state index is 13.9. The second-order valence-electron chi connectivity index (χ2n) is 4.29. The maximum Gasteiger partial charge on any atom is 0.127 e. The molecule has 0 aliphatic rings. The van der Waals surface area contributed by atoms with E-state index in [9.17, 15) is 4.39 Å². The van der Waals surface area contributed by atoms with Crippen LogP contribution in [0.4, 0.5) is 4.39 Å². The third-order valence-corrected chi connectivity index (χ3v) is 4.07. The molecular formula is C14H14ClFN2S. The van der Waals surface area contributed by atoms with Crippen molar-refractivity contribution in [2.24, 2.45) is 5.73 Å². The molecule has 0 saturated heterocycles. The zero-order valence-corrected chi connectivity index (χ0v) is 12.0. The van der Waals surface area contributed by atoms with Gasteiger partial charge in [0.15, 0.2) is 0 Å². The van der Waals surface area contributed by atoms with Gasteiger partial charge in [0.2, 0.25) is 0 Å². The number of nitrogens with zero attached hydrogens (tertiary/aromatic N) is 1. The molecule has 0 saturated carbocycles. The molecule has 5 heteroatoms. The van der Waals surface area contributed by atoms with Crippen molar-refractivity contribution in [3.05, 3.63) is 52.9 Å². The van der Waals surface area contributed by atoms with Gasteiger partial charge < -0.3 is 5.73 Å². The molecule has 0 aliphatic carbocycles. The summed E-state index contributed by atoms with van der Waals surface area (Å²) in [6, 6.07) is 8.41. The number of rotatable bonds is 4. The third-order valence-electron chi connectivity index (χ3n) is 2.53. The summed E-state index contributed by atoms with van der Waals surface area (Å²) >= 11 is 7.43. The van der Waals surface area contributed by atoms with Crippen molar-refractivity contribution in [3.63, 3.8) is 0 Å². The number of benzene rings is 1. The highest BCUT2D eigenvalue weighted by atomic mass is 35.5. The predicted molar refractivity (Wildman–Crippen MR) is 77.1 cm³/mol. The molecular weight excluding hydrogens is 283 g/mol. The van der Waals surface area contributed by atoms with Crippen molar-refractivity contribution < 1.29 is 4.39 Å². The molecule has 0 bridgehead atoms. The highest BCUT2D eigenvalue weighted by Gasteiger charge is 2.13. The summed E-state index contributed by atoms with van der Waals surface area (Å²) < 4.78 is 13.9. The minimum atomic E-state index is -0.241. The van der Waals surface area contributed by atoms with Gasteiger partial charge in [0, 0.05) is 22.7 Å². The van der Waals surface area contributed by atoms with E-state index in [2.05, 4.69) is 4.98 Å². The Kier molecular flexibility index (Phi) is 4.80. The van der Waals surface area contributed by atoms with Gasteiger partial charge >= 0.3 is 0 Å². The lowest BCUT2D eigenvalue weighted by Gasteiger charge is -2.12. The topological polar surface area (TPSA) is 38.9 Å². The first kappa shape index (κ1) is 14.3. The van der Waals surface area contributed by atoms with Crippen LogP contribution >= 0.6 is 23.4 Å². The van der Waals surface area contributed by atoms with E-state index in [1.165, 1.54) is 17.8 Å². The van der Waals surface area contributed by atoms with E-state index < -0.39 is 0 Å². The van der Waals surface area contributed by atoms with Crippen LogP contribution in [-0.4, -0.2) is 11.0 Å². The van der Waals surface area contributed by atoms with Crippen LogP contribution in [0.5, 0.6) is 0 Å². The van der Waals surface area contributed by atoms with Crippen molar-refractivity contribution in [2.45, 2.75) is 29.3 Å². The predicted octanol–water partition coefficient (Wildman–Crippen LogP) is 3.92. The third kappa shape index (κ3) is 3.69. The average molecular weight is 297 g/mol. The van der Waals surface area contributed by atoms with Gasteiger partial charge in [-0.3, -0.25) is 0 Å². The summed E-state index contributed by atoms with van der Waals surface area (Å²) in [6.45, 7) is 1.86. The van der Waals surface area contributed by atoms with E-state index >= 15 is 0 Å². The molecule has 1 aromatic heterocycles. The molecule has 1 heterocycles. The Bertz CT molecular complexity index is 575. The van der Waals surface area contributed by atoms with Crippen LogP contribution in [0.2, 0.25) is 5.02 Å². The van der Waals surface area contributed by atoms with Crippen LogP contribution in [0.25, 0.3) is 0 Å². The molecule has 0 fully saturated rings. The summed E-state index contributed by atoms with van der Waals surface area (Å²) in [5.74, 6) is -0.241. The van der Waals surface area contributed by atoms with Gasteiger partial charge in [0.05, 0.1) is 5.02 Å². The molecule has 0 aliphatic heterocycles. The van der Waals surface area contributed by atoms with Gasteiger partial charge in [0.25, 0.3) is 0 Å². The Hall–Kier alpha value is -1.10. The minimum absolute atomic E-state index is 0.101. The van der Waals surface area contributed by atoms with Crippen molar-refractivity contribution in [2.75, 3.05) is 0 Å². The van der Waals surface area contributed by atoms with Crippen LogP contribution in [0, 0.1) is 5.82 Å². The van der Waals surface area contributed by atoms with Gasteiger partial charge in [-0.2, -0.15) is 0 Å². The summed E-state index contributed by atoms with van der Waals surface area (Å²) in [5, 5.41) is 1.23. The summed E-state index contributed by atoms with van der Waals surface area (Å²) in [5.41, 5.74) is 6.38. The van der Waals surface area contributed by atoms with E-state index in [0.29, 0.717) is 22.0 Å². The molecule has 0 spiro atoms. The van der Waals surface area contributed by atoms with Crippen molar-refractivity contribution in [1.29, 1.82) is 0 Å². The van der Waals surface area contributed by atoms with Gasteiger partial charge in [-0.1, -0.05) is 29.4 Å². The van der Waals surface area contributed by atoms with E-state index in [0.717, 1.165) is 4.90 Å². The van der Waals surface area contributed by atoms with E-state index in [1.54, 1.807) is 24.4 Å². The smallest absolute Gasteiger partial charge is 0.127 e. The highest BCUT2D eigenvalue weighted by Crippen LogP contribution is 2.34. The number of hydrogen-bond acceptors (Lipinski definition) is 3. The van der Waals surface area contributed by atoms with E-state index in [-0.39, 0.29) is 11.9 Å². The number of nitrogens with two attached hydrogens (primary N) is 1. The molecule has 1 aromatic carbocycles. The second-order valence-corrected chi connectivity index (χ2v) is 5.73. The fourth-order valence-electron chi connectivity index (χ4n) is 1.71. The molecule has 2 rings (SSSR count). The molecule has 100 valence electrons. The first-order valence-corrected chi connectivity index (χ1v) is 7.08. The number of aromatic nitrogens is 1. The summed E-state index contributed by atoms with van der Waals surface area (Å²) in [4.78, 5) is 5.00. The van der Waals surface area contributed by atoms with E-state index in [4.69, 9.17) is 17.3 Å². The van der Waals surface area contributed by atoms with Crippen molar-refractivity contribution >= 4 is 23.4 Å². The quantitative estimate of drug-likeness (QED) is 0.929. The van der Waals surface area contributed by atoms with Gasteiger partial charge in [-0.15, -0.1) is 0 Å². The Morgan fingerprint density at radius 1 is 1.37 bits per heavy atom. The lowest BCUT2D eigenvalue weighted by molar-refractivity contribution is 0.588. The van der Waals surface area contributed by atoms with Crippen LogP contribution in [0.15, 0.2) is 46.5 Å². The Morgan fingerprint density at radius 3 is 2.84 bits per heavy atom. The van der Waals surface area contributed by atoms with Gasteiger partial charge in [-0.25, -0.2) is 9.37 Å². The Labute approximate surface area is 121 Å². The Morgan fingerprint density at radius 2 is 2.16 bits per heavy atom. The van der Waals surface area contributed by atoms with Crippen molar-refractivity contribution in [3.8, 4) is 0 Å². The zero-order chi connectivity index (χ0) is 13.8. The molecule has 1 atom stereocenters. The highest BCUT2D eigenvalue weighted by molar-refractivity contribution is 7.99. The lowest BCUT2D eigenvalue weighted by Crippen LogP contribution is -2.19.